The van der Waals surface area contributed by atoms with Crippen LogP contribution in [-0.2, 0) is 14.8 Å². The highest BCUT2D eigenvalue weighted by Crippen LogP contribution is 2.39. The first-order valence-corrected chi connectivity index (χ1v) is 10.4. The van der Waals surface area contributed by atoms with Crippen LogP contribution in [0.15, 0.2) is 21.6 Å². The van der Waals surface area contributed by atoms with E-state index in [4.69, 9.17) is 9.52 Å². The van der Waals surface area contributed by atoms with Gasteiger partial charge in [0.05, 0.1) is 0 Å². The summed E-state index contributed by atoms with van der Waals surface area (Å²) in [5.74, 6) is -1.03. The van der Waals surface area contributed by atoms with Gasteiger partial charge in [-0.05, 0) is 50.2 Å². The second kappa shape index (κ2) is 6.38. The Morgan fingerprint density at radius 2 is 1.85 bits per heavy atom. The minimum absolute atomic E-state index is 0.132. The van der Waals surface area contributed by atoms with Crippen molar-refractivity contribution in [3.05, 3.63) is 17.9 Å². The summed E-state index contributed by atoms with van der Waals surface area (Å²) in [6.45, 7) is 1.33. The lowest BCUT2D eigenvalue weighted by Crippen LogP contribution is -2.46. The Morgan fingerprint density at radius 3 is 2.38 bits per heavy atom. The average molecular weight is 382 g/mol. The summed E-state index contributed by atoms with van der Waals surface area (Å²) < 4.78 is 31.4. The Labute approximate surface area is 151 Å². The summed E-state index contributed by atoms with van der Waals surface area (Å²) in [6.07, 6.45) is 4.39. The number of sulfonamides is 1. The summed E-state index contributed by atoms with van der Waals surface area (Å²) in [4.78, 5) is 25.6. The van der Waals surface area contributed by atoms with Crippen molar-refractivity contribution in [2.75, 3.05) is 19.6 Å². The number of piperidine rings is 2. The number of nitrogens with zero attached hydrogens (tertiary/aromatic N) is 2. The molecule has 9 heteroatoms. The summed E-state index contributed by atoms with van der Waals surface area (Å²) in [5.41, 5.74) is 0. The van der Waals surface area contributed by atoms with E-state index in [1.807, 2.05) is 4.90 Å². The van der Waals surface area contributed by atoms with Crippen LogP contribution >= 0.6 is 0 Å². The van der Waals surface area contributed by atoms with E-state index in [1.54, 1.807) is 0 Å². The molecule has 3 heterocycles. The highest BCUT2D eigenvalue weighted by molar-refractivity contribution is 7.89. The smallest absolute Gasteiger partial charge is 0.371 e. The molecule has 3 fully saturated rings. The number of carboxylic acid groups (broad SMARTS) is 1. The van der Waals surface area contributed by atoms with Crippen molar-refractivity contribution in [2.24, 2.45) is 11.8 Å². The third kappa shape index (κ3) is 2.92. The molecule has 0 aromatic carbocycles. The normalized spacial score (nSPS) is 27.2. The van der Waals surface area contributed by atoms with Crippen LogP contribution < -0.4 is 0 Å². The molecule has 1 aliphatic carbocycles. The molecule has 2 saturated heterocycles. The van der Waals surface area contributed by atoms with Crippen LogP contribution in [0.1, 0.15) is 42.7 Å². The number of likely N-dealkylation sites (tertiary alicyclic amines) is 1. The summed E-state index contributed by atoms with van der Waals surface area (Å²) in [7, 11) is -3.87. The van der Waals surface area contributed by atoms with Crippen LogP contribution in [0.3, 0.4) is 0 Å². The first-order chi connectivity index (χ1) is 12.4. The molecule has 1 N–H and O–H groups in total. The molecule has 1 saturated carbocycles. The standard InChI is InChI=1S/C17H22N2O6S/c20-16(19-10-11-1-2-13(19)9-11)12-5-7-18(8-6-12)26(23,24)15-4-3-14(25-15)17(21)22/h3-4,11-13H,1-2,5-10H2,(H,21,22). The van der Waals surface area contributed by atoms with Gasteiger partial charge in [0.15, 0.2) is 0 Å². The van der Waals surface area contributed by atoms with Crippen molar-refractivity contribution in [3.8, 4) is 0 Å². The van der Waals surface area contributed by atoms with Crippen molar-refractivity contribution in [1.82, 2.24) is 9.21 Å². The van der Waals surface area contributed by atoms with Crippen molar-refractivity contribution < 1.29 is 27.5 Å². The molecule has 3 aliphatic rings. The molecule has 4 rings (SSSR count). The minimum Gasteiger partial charge on any atom is -0.475 e. The lowest BCUT2D eigenvalue weighted by atomic mass is 9.95. The zero-order chi connectivity index (χ0) is 18.5. The van der Waals surface area contributed by atoms with Gasteiger partial charge in [-0.15, -0.1) is 0 Å². The number of carbonyl (C=O) groups excluding carboxylic acids is 1. The van der Waals surface area contributed by atoms with E-state index in [-0.39, 0.29) is 30.0 Å². The van der Waals surface area contributed by atoms with E-state index >= 15 is 0 Å². The summed E-state index contributed by atoms with van der Waals surface area (Å²) >= 11 is 0. The van der Waals surface area contributed by atoms with Gasteiger partial charge in [0.2, 0.25) is 16.8 Å². The molecule has 1 amide bonds. The zero-order valence-electron chi connectivity index (χ0n) is 14.3. The van der Waals surface area contributed by atoms with Gasteiger partial charge in [0.1, 0.15) is 0 Å². The van der Waals surface area contributed by atoms with Crippen molar-refractivity contribution in [3.63, 3.8) is 0 Å². The second-order valence-electron chi connectivity index (χ2n) is 7.43. The van der Waals surface area contributed by atoms with E-state index in [0.29, 0.717) is 24.8 Å². The number of furan rings is 1. The van der Waals surface area contributed by atoms with E-state index in [0.717, 1.165) is 31.5 Å². The van der Waals surface area contributed by atoms with Crippen molar-refractivity contribution in [2.45, 2.75) is 43.2 Å². The summed E-state index contributed by atoms with van der Waals surface area (Å²) in [6, 6.07) is 2.68. The van der Waals surface area contributed by atoms with Crippen molar-refractivity contribution >= 4 is 21.9 Å². The maximum Gasteiger partial charge on any atom is 0.371 e. The van der Waals surface area contributed by atoms with Crippen LogP contribution in [0.4, 0.5) is 0 Å². The maximum atomic E-state index is 12.8. The second-order valence-corrected chi connectivity index (χ2v) is 9.29. The number of aromatic carboxylic acids is 1. The lowest BCUT2D eigenvalue weighted by molar-refractivity contribution is -0.138. The number of rotatable bonds is 4. The molecule has 2 unspecified atom stereocenters. The fourth-order valence-electron chi connectivity index (χ4n) is 4.47. The number of amides is 1. The summed E-state index contributed by atoms with van der Waals surface area (Å²) in [5, 5.41) is 8.51. The SMILES string of the molecule is O=C(O)c1ccc(S(=O)(=O)N2CCC(C(=O)N3CC4CCC3C4)CC2)o1. The number of hydrogen-bond acceptors (Lipinski definition) is 5. The predicted molar refractivity (Wildman–Crippen MR) is 90.0 cm³/mol. The number of fused-ring (bicyclic) bond motifs is 2. The van der Waals surface area contributed by atoms with E-state index in [2.05, 4.69) is 0 Å². The topological polar surface area (TPSA) is 108 Å². The highest BCUT2D eigenvalue weighted by atomic mass is 32.2. The predicted octanol–water partition coefficient (Wildman–Crippen LogP) is 1.39. The van der Waals surface area contributed by atoms with Crippen LogP contribution in [0.5, 0.6) is 0 Å². The van der Waals surface area contributed by atoms with E-state index in [9.17, 15) is 18.0 Å². The highest BCUT2D eigenvalue weighted by Gasteiger charge is 2.43. The van der Waals surface area contributed by atoms with Crippen LogP contribution in [0.2, 0.25) is 0 Å². The Kier molecular flexibility index (Phi) is 4.31. The molecular weight excluding hydrogens is 360 g/mol. The number of hydrogen-bond donors (Lipinski definition) is 1. The van der Waals surface area contributed by atoms with Gasteiger partial charge in [-0.2, -0.15) is 4.31 Å². The molecule has 2 aliphatic heterocycles. The fourth-order valence-corrected chi connectivity index (χ4v) is 5.85. The molecule has 0 spiro atoms. The molecule has 1 aromatic heterocycles. The van der Waals surface area contributed by atoms with Gasteiger partial charge in [0.25, 0.3) is 10.0 Å². The molecule has 1 aromatic rings. The molecular formula is C17H22N2O6S. The molecule has 26 heavy (non-hydrogen) atoms. The van der Waals surface area contributed by atoms with Gasteiger partial charge in [-0.25, -0.2) is 13.2 Å². The molecule has 0 radical (unpaired) electrons. The monoisotopic (exact) mass is 382 g/mol. The third-order valence-corrected chi connectivity index (χ3v) is 7.65. The zero-order valence-corrected chi connectivity index (χ0v) is 15.2. The number of carbonyl (C=O) groups is 2. The first kappa shape index (κ1) is 17.5. The lowest BCUT2D eigenvalue weighted by Gasteiger charge is -2.35. The van der Waals surface area contributed by atoms with Gasteiger partial charge in [-0.1, -0.05) is 0 Å². The van der Waals surface area contributed by atoms with Crippen LogP contribution in [0, 0.1) is 11.8 Å². The number of carboxylic acids is 1. The van der Waals surface area contributed by atoms with Gasteiger partial charge >= 0.3 is 5.97 Å². The fraction of sp³-hybridized carbons (Fsp3) is 0.647. The maximum absolute atomic E-state index is 12.8. The van der Waals surface area contributed by atoms with Crippen LogP contribution in [0.25, 0.3) is 0 Å². The van der Waals surface area contributed by atoms with Gasteiger partial charge < -0.3 is 14.4 Å². The van der Waals surface area contributed by atoms with Crippen LogP contribution in [-0.4, -0.2) is 60.3 Å². The van der Waals surface area contributed by atoms with Crippen molar-refractivity contribution in [1.29, 1.82) is 0 Å². The molecule has 8 nitrogen and oxygen atoms in total. The minimum atomic E-state index is -3.87. The Bertz CT molecular complexity index is 824. The Hall–Kier alpha value is -1.87. The Morgan fingerprint density at radius 1 is 1.12 bits per heavy atom. The van der Waals surface area contributed by atoms with E-state index < -0.39 is 21.8 Å². The largest absolute Gasteiger partial charge is 0.475 e. The molecule has 142 valence electrons. The van der Waals surface area contributed by atoms with E-state index in [1.165, 1.54) is 10.7 Å². The third-order valence-electron chi connectivity index (χ3n) is 5.88. The average Bonchev–Trinajstić information content (AvgIpc) is 3.37. The Balaban J connectivity index is 1.39. The quantitative estimate of drug-likeness (QED) is 0.843. The molecule has 2 atom stereocenters. The molecule has 2 bridgehead atoms. The van der Waals surface area contributed by atoms with Gasteiger partial charge in [0, 0.05) is 31.6 Å². The van der Waals surface area contributed by atoms with Gasteiger partial charge in [-0.3, -0.25) is 4.79 Å². The first-order valence-electron chi connectivity index (χ1n) is 9.00.